The summed E-state index contributed by atoms with van der Waals surface area (Å²) in [6.07, 6.45) is 2.49. The van der Waals surface area contributed by atoms with Crippen molar-refractivity contribution in [1.82, 2.24) is 14.8 Å². The van der Waals surface area contributed by atoms with Crippen LogP contribution in [0.4, 0.5) is 8.78 Å². The van der Waals surface area contributed by atoms with Crippen molar-refractivity contribution >= 4 is 11.8 Å². The van der Waals surface area contributed by atoms with Crippen LogP contribution in [0.25, 0.3) is 0 Å². The average molecular weight is 459 g/mol. The van der Waals surface area contributed by atoms with Gasteiger partial charge in [0.1, 0.15) is 17.2 Å². The van der Waals surface area contributed by atoms with Crippen molar-refractivity contribution in [2.24, 2.45) is 5.92 Å². The van der Waals surface area contributed by atoms with Gasteiger partial charge >= 0.3 is 0 Å². The molecule has 4 atom stereocenters. The van der Waals surface area contributed by atoms with Crippen molar-refractivity contribution in [3.8, 4) is 5.75 Å². The molecule has 3 heterocycles. The van der Waals surface area contributed by atoms with Crippen LogP contribution in [-0.2, 0) is 17.8 Å². The van der Waals surface area contributed by atoms with Crippen molar-refractivity contribution in [3.63, 3.8) is 0 Å². The van der Waals surface area contributed by atoms with Gasteiger partial charge in [-0.05, 0) is 24.8 Å². The van der Waals surface area contributed by atoms with Crippen LogP contribution in [-0.4, -0.2) is 46.8 Å². The topological polar surface area (TPSA) is 89.9 Å². The van der Waals surface area contributed by atoms with Crippen LogP contribution in [0.2, 0.25) is 0 Å². The van der Waals surface area contributed by atoms with Crippen molar-refractivity contribution in [1.29, 1.82) is 0 Å². The maximum absolute atomic E-state index is 13.9. The highest BCUT2D eigenvalue weighted by Gasteiger charge is 2.50. The van der Waals surface area contributed by atoms with Crippen LogP contribution in [0.5, 0.6) is 5.75 Å². The molecule has 0 radical (unpaired) electrons. The Labute approximate surface area is 188 Å². The number of amides is 2. The predicted octanol–water partition coefficient (Wildman–Crippen LogP) is 2.04. The maximum Gasteiger partial charge on any atom is 0.276 e. The zero-order valence-corrected chi connectivity index (χ0v) is 18.1. The largest absolute Gasteiger partial charge is 0.491 e. The van der Waals surface area contributed by atoms with Gasteiger partial charge in [0.15, 0.2) is 17.7 Å². The van der Waals surface area contributed by atoms with Gasteiger partial charge in [0.05, 0.1) is 19.8 Å². The van der Waals surface area contributed by atoms with Crippen LogP contribution in [0.3, 0.4) is 0 Å². The lowest BCUT2D eigenvalue weighted by atomic mass is 10.1. The van der Waals surface area contributed by atoms with Crippen molar-refractivity contribution < 1.29 is 27.8 Å². The number of aromatic nitrogens is 1. The molecule has 1 aromatic carbocycles. The zero-order chi connectivity index (χ0) is 23.4. The van der Waals surface area contributed by atoms with E-state index in [4.69, 9.17) is 9.47 Å². The molecule has 10 heteroatoms. The highest BCUT2D eigenvalue weighted by atomic mass is 19.1. The Hall–Kier alpha value is -3.27. The van der Waals surface area contributed by atoms with E-state index in [0.29, 0.717) is 12.0 Å². The maximum atomic E-state index is 13.9. The van der Waals surface area contributed by atoms with Crippen molar-refractivity contribution in [2.75, 3.05) is 7.11 Å². The summed E-state index contributed by atoms with van der Waals surface area (Å²) < 4.78 is 39.9. The SMILES string of the molecule is COc1c2n(cc(C(=O)NCc3ccc(F)cc3F)c1=O)C[C@H]1O[C@H]3C[C@H](CC3C)N1C2=O. The van der Waals surface area contributed by atoms with Gasteiger partial charge in [-0.3, -0.25) is 14.4 Å². The van der Waals surface area contributed by atoms with Gasteiger partial charge in [0.25, 0.3) is 11.8 Å². The number of nitrogens with one attached hydrogen (secondary N) is 1. The molecule has 1 unspecified atom stereocenters. The Morgan fingerprint density at radius 2 is 2.06 bits per heavy atom. The number of carbonyl (C=O) groups excluding carboxylic acids is 2. The number of ether oxygens (including phenoxy) is 2. The summed E-state index contributed by atoms with van der Waals surface area (Å²) in [5, 5.41) is 2.48. The Balaban J connectivity index is 1.46. The van der Waals surface area contributed by atoms with E-state index >= 15 is 0 Å². The fourth-order valence-electron chi connectivity index (χ4n) is 5.11. The summed E-state index contributed by atoms with van der Waals surface area (Å²) in [7, 11) is 1.27. The van der Waals surface area contributed by atoms with Gasteiger partial charge in [0, 0.05) is 30.4 Å². The lowest BCUT2D eigenvalue weighted by molar-refractivity contribution is -0.138. The summed E-state index contributed by atoms with van der Waals surface area (Å²) >= 11 is 0. The zero-order valence-electron chi connectivity index (χ0n) is 18.1. The molecule has 1 saturated carbocycles. The predicted molar refractivity (Wildman–Crippen MR) is 112 cm³/mol. The number of carbonyl (C=O) groups is 2. The number of hydrogen-bond acceptors (Lipinski definition) is 5. The van der Waals surface area contributed by atoms with E-state index in [1.54, 1.807) is 4.90 Å². The quantitative estimate of drug-likeness (QED) is 0.756. The second-order valence-electron chi connectivity index (χ2n) is 8.77. The molecule has 0 spiro atoms. The first-order valence-electron chi connectivity index (χ1n) is 10.8. The molecule has 5 rings (SSSR count). The van der Waals surface area contributed by atoms with Crippen LogP contribution in [0, 0.1) is 17.6 Å². The smallest absolute Gasteiger partial charge is 0.276 e. The van der Waals surface area contributed by atoms with E-state index < -0.39 is 29.2 Å². The number of halogens is 2. The third-order valence-electron chi connectivity index (χ3n) is 6.75. The Kier molecular flexibility index (Phi) is 5.19. The van der Waals surface area contributed by atoms with E-state index in [-0.39, 0.29) is 53.7 Å². The van der Waals surface area contributed by atoms with E-state index in [2.05, 4.69) is 12.2 Å². The van der Waals surface area contributed by atoms with Crippen molar-refractivity contribution in [2.45, 2.75) is 51.2 Å². The molecule has 1 saturated heterocycles. The minimum Gasteiger partial charge on any atom is -0.491 e. The number of hydrogen-bond donors (Lipinski definition) is 1. The van der Waals surface area contributed by atoms with Crippen LogP contribution < -0.4 is 15.5 Å². The first-order valence-corrected chi connectivity index (χ1v) is 10.8. The standard InChI is InChI=1S/C23H23F2N3O5/c1-11-5-14-7-17(11)33-18-10-27-9-15(20(29)21(32-2)19(27)23(31)28(14)18)22(30)26-8-12-3-4-13(24)6-16(12)25/h3-4,6,9,11,14,17-18H,5,7-8,10H2,1-2H3,(H,26,30)/t11?,14-,17-,18+/m0/s1. The Bertz CT molecular complexity index is 1210. The molecule has 2 bridgehead atoms. The van der Waals surface area contributed by atoms with E-state index in [1.165, 1.54) is 23.9 Å². The Morgan fingerprint density at radius 1 is 1.27 bits per heavy atom. The highest BCUT2D eigenvalue weighted by Crippen LogP contribution is 2.41. The molecular weight excluding hydrogens is 436 g/mol. The van der Waals surface area contributed by atoms with Gasteiger partial charge in [-0.25, -0.2) is 8.78 Å². The van der Waals surface area contributed by atoms with E-state index in [9.17, 15) is 23.2 Å². The fourth-order valence-corrected chi connectivity index (χ4v) is 5.11. The first-order chi connectivity index (χ1) is 15.8. The molecular formula is C23H23F2N3O5. The molecule has 174 valence electrons. The van der Waals surface area contributed by atoms with Crippen LogP contribution in [0.1, 0.15) is 46.2 Å². The summed E-state index contributed by atoms with van der Waals surface area (Å²) in [6.45, 7) is 2.11. The first kappa shape index (κ1) is 21.6. The minimum atomic E-state index is -0.806. The van der Waals surface area contributed by atoms with Crippen LogP contribution in [0.15, 0.2) is 29.2 Å². The minimum absolute atomic E-state index is 0.0402. The van der Waals surface area contributed by atoms with E-state index in [1.807, 2.05) is 0 Å². The lowest BCUT2D eigenvalue weighted by Crippen LogP contribution is -2.57. The second kappa shape index (κ2) is 7.95. The number of methoxy groups -OCH3 is 1. The number of pyridine rings is 1. The lowest BCUT2D eigenvalue weighted by Gasteiger charge is -2.44. The monoisotopic (exact) mass is 459 g/mol. The molecule has 2 aromatic rings. The molecule has 2 aliphatic heterocycles. The highest BCUT2D eigenvalue weighted by molar-refractivity contribution is 5.99. The van der Waals surface area contributed by atoms with Gasteiger partial charge in [-0.15, -0.1) is 0 Å². The number of rotatable bonds is 4. The summed E-state index contributed by atoms with van der Waals surface area (Å²) in [6, 6.07) is 3.05. The third-order valence-corrected chi connectivity index (χ3v) is 6.75. The average Bonchev–Trinajstić information content (AvgIpc) is 3.06. The van der Waals surface area contributed by atoms with Crippen molar-refractivity contribution in [3.05, 3.63) is 63.1 Å². The fraction of sp³-hybridized carbons (Fsp3) is 0.435. The van der Waals surface area contributed by atoms with Gasteiger partial charge in [0.2, 0.25) is 5.43 Å². The Morgan fingerprint density at radius 3 is 2.79 bits per heavy atom. The molecule has 1 N–H and O–H groups in total. The van der Waals surface area contributed by atoms with Gasteiger partial charge in [-0.2, -0.15) is 0 Å². The van der Waals surface area contributed by atoms with Gasteiger partial charge < -0.3 is 24.3 Å². The molecule has 33 heavy (non-hydrogen) atoms. The van der Waals surface area contributed by atoms with Gasteiger partial charge in [-0.1, -0.05) is 13.0 Å². The second-order valence-corrected chi connectivity index (χ2v) is 8.77. The van der Waals surface area contributed by atoms with Crippen LogP contribution >= 0.6 is 0 Å². The molecule has 1 aliphatic carbocycles. The third kappa shape index (κ3) is 3.49. The summed E-state index contributed by atoms with van der Waals surface area (Å²) in [5.74, 6) is -2.55. The molecule has 3 aliphatic rings. The molecule has 1 aromatic heterocycles. The molecule has 8 nitrogen and oxygen atoms in total. The number of fused-ring (bicyclic) bond motifs is 5. The number of benzene rings is 1. The molecule has 2 amide bonds. The summed E-state index contributed by atoms with van der Waals surface area (Å²) in [4.78, 5) is 40.9. The summed E-state index contributed by atoms with van der Waals surface area (Å²) in [5.41, 5.74) is -0.822. The normalized spacial score (nSPS) is 25.5. The molecule has 2 fully saturated rings. The number of nitrogens with zero attached hydrogens (tertiary/aromatic N) is 2. The van der Waals surface area contributed by atoms with E-state index in [0.717, 1.165) is 18.9 Å².